The Balaban J connectivity index is 2.91. The van der Waals surface area contributed by atoms with Crippen LogP contribution in [0.1, 0.15) is 65.2 Å². The number of ether oxygens (including phenoxy) is 1. The van der Waals surface area contributed by atoms with Crippen molar-refractivity contribution in [3.05, 3.63) is 11.7 Å². The van der Waals surface area contributed by atoms with Crippen LogP contribution in [-0.4, -0.2) is 16.7 Å². The first-order valence-corrected chi connectivity index (χ1v) is 6.72. The fraction of sp³-hybridized carbons (Fsp3) is 0.846. The van der Waals surface area contributed by atoms with Crippen molar-refractivity contribution in [2.24, 2.45) is 11.7 Å². The highest BCUT2D eigenvalue weighted by atomic mass is 16.5. The lowest BCUT2D eigenvalue weighted by Crippen LogP contribution is -2.27. The topological polar surface area (TPSA) is 74.2 Å². The lowest BCUT2D eigenvalue weighted by molar-refractivity contribution is -0.0403. The molecule has 0 spiro atoms. The standard InChI is InChI=1S/C13H25N3O2/c1-6-9(4)10(14)11-15-12(16-18-11)13(5,7-2)17-8-3/h9-10H,6-8,14H2,1-5H3/t9-,10-,13?/m0/s1. The van der Waals surface area contributed by atoms with Crippen molar-refractivity contribution in [3.8, 4) is 0 Å². The molecule has 0 radical (unpaired) electrons. The Bertz CT molecular complexity index is 367. The summed E-state index contributed by atoms with van der Waals surface area (Å²) in [5.41, 5.74) is 5.59. The van der Waals surface area contributed by atoms with Crippen molar-refractivity contribution in [1.29, 1.82) is 0 Å². The molecule has 0 aliphatic carbocycles. The summed E-state index contributed by atoms with van der Waals surface area (Å²) in [6.45, 7) is 10.8. The molecule has 0 amide bonds. The summed E-state index contributed by atoms with van der Waals surface area (Å²) in [6, 6.07) is -0.209. The first-order chi connectivity index (χ1) is 8.48. The van der Waals surface area contributed by atoms with Crippen molar-refractivity contribution < 1.29 is 9.26 Å². The van der Waals surface area contributed by atoms with Crippen LogP contribution in [0.4, 0.5) is 0 Å². The van der Waals surface area contributed by atoms with Crippen LogP contribution in [0.15, 0.2) is 4.52 Å². The molecule has 1 heterocycles. The molecule has 0 aliphatic heterocycles. The van der Waals surface area contributed by atoms with Crippen molar-refractivity contribution in [1.82, 2.24) is 10.1 Å². The van der Waals surface area contributed by atoms with Gasteiger partial charge in [-0.1, -0.05) is 32.3 Å². The number of nitrogens with zero attached hydrogens (tertiary/aromatic N) is 2. The maximum atomic E-state index is 6.08. The molecule has 104 valence electrons. The van der Waals surface area contributed by atoms with E-state index < -0.39 is 5.60 Å². The van der Waals surface area contributed by atoms with E-state index in [1.165, 1.54) is 0 Å². The SMILES string of the molecule is CCOC(C)(CC)c1noc([C@@H](N)[C@@H](C)CC)n1. The molecule has 5 nitrogen and oxygen atoms in total. The molecule has 0 aromatic carbocycles. The molecule has 18 heavy (non-hydrogen) atoms. The first kappa shape index (κ1) is 15.1. The quantitative estimate of drug-likeness (QED) is 0.811. The lowest BCUT2D eigenvalue weighted by atomic mass is 9.99. The van der Waals surface area contributed by atoms with Crippen molar-refractivity contribution in [2.45, 2.75) is 59.1 Å². The van der Waals surface area contributed by atoms with Crippen molar-refractivity contribution in [2.75, 3.05) is 6.61 Å². The van der Waals surface area contributed by atoms with Crippen LogP contribution in [0, 0.1) is 5.92 Å². The smallest absolute Gasteiger partial charge is 0.243 e. The van der Waals surface area contributed by atoms with E-state index in [4.69, 9.17) is 15.0 Å². The van der Waals surface area contributed by atoms with E-state index in [1.807, 2.05) is 20.8 Å². The van der Waals surface area contributed by atoms with Gasteiger partial charge in [-0.25, -0.2) is 0 Å². The molecule has 1 unspecified atom stereocenters. The molecule has 1 rings (SSSR count). The fourth-order valence-electron chi connectivity index (χ4n) is 1.73. The third-order valence-electron chi connectivity index (χ3n) is 3.59. The van der Waals surface area contributed by atoms with Crippen LogP contribution in [-0.2, 0) is 10.3 Å². The highest BCUT2D eigenvalue weighted by molar-refractivity contribution is 5.01. The zero-order valence-electron chi connectivity index (χ0n) is 12.1. The van der Waals surface area contributed by atoms with Crippen molar-refractivity contribution in [3.63, 3.8) is 0 Å². The van der Waals surface area contributed by atoms with Crippen LogP contribution in [0.5, 0.6) is 0 Å². The van der Waals surface area contributed by atoms with E-state index in [1.54, 1.807) is 0 Å². The Kier molecular flexibility index (Phi) is 5.28. The maximum absolute atomic E-state index is 6.08. The first-order valence-electron chi connectivity index (χ1n) is 6.72. The van der Waals surface area contributed by atoms with E-state index in [2.05, 4.69) is 24.0 Å². The Morgan fingerprint density at radius 2 is 2.06 bits per heavy atom. The number of hydrogen-bond donors (Lipinski definition) is 1. The molecule has 1 aromatic heterocycles. The van der Waals surface area contributed by atoms with E-state index in [9.17, 15) is 0 Å². The predicted molar refractivity (Wildman–Crippen MR) is 70.0 cm³/mol. The third kappa shape index (κ3) is 3.09. The summed E-state index contributed by atoms with van der Waals surface area (Å²) in [6.07, 6.45) is 1.77. The molecule has 2 N–H and O–H groups in total. The monoisotopic (exact) mass is 255 g/mol. The molecule has 5 heteroatoms. The van der Waals surface area contributed by atoms with Gasteiger partial charge in [-0.05, 0) is 26.2 Å². The molecule has 1 aromatic rings. The average Bonchev–Trinajstić information content (AvgIpc) is 2.87. The lowest BCUT2D eigenvalue weighted by Gasteiger charge is -2.24. The van der Waals surface area contributed by atoms with Crippen LogP contribution in [0.25, 0.3) is 0 Å². The van der Waals surface area contributed by atoms with Gasteiger partial charge < -0.3 is 15.0 Å². The Morgan fingerprint density at radius 3 is 2.56 bits per heavy atom. The van der Waals surface area contributed by atoms with E-state index >= 15 is 0 Å². The zero-order chi connectivity index (χ0) is 13.8. The second-order valence-corrected chi connectivity index (χ2v) is 4.88. The number of aromatic nitrogens is 2. The molecule has 0 saturated carbocycles. The van der Waals surface area contributed by atoms with Gasteiger partial charge in [0.1, 0.15) is 5.60 Å². The second-order valence-electron chi connectivity index (χ2n) is 4.88. The summed E-state index contributed by atoms with van der Waals surface area (Å²) >= 11 is 0. The van der Waals surface area contributed by atoms with Crippen LogP contribution < -0.4 is 5.73 Å². The number of hydrogen-bond acceptors (Lipinski definition) is 5. The molecular formula is C13H25N3O2. The fourth-order valence-corrected chi connectivity index (χ4v) is 1.73. The molecule has 3 atom stereocenters. The van der Waals surface area contributed by atoms with Gasteiger partial charge in [-0.2, -0.15) is 4.98 Å². The Hall–Kier alpha value is -0.940. The van der Waals surface area contributed by atoms with Crippen LogP contribution in [0.2, 0.25) is 0 Å². The number of rotatable bonds is 7. The highest BCUT2D eigenvalue weighted by Crippen LogP contribution is 2.28. The van der Waals surface area contributed by atoms with E-state index in [-0.39, 0.29) is 6.04 Å². The normalized spacial score (nSPS) is 18.3. The highest BCUT2D eigenvalue weighted by Gasteiger charge is 2.32. The molecule has 0 aliphatic rings. The number of nitrogens with two attached hydrogens (primary N) is 1. The van der Waals surface area contributed by atoms with E-state index in [0.29, 0.717) is 24.2 Å². The summed E-state index contributed by atoms with van der Waals surface area (Å²) in [5.74, 6) is 1.40. The average molecular weight is 255 g/mol. The third-order valence-corrected chi connectivity index (χ3v) is 3.59. The van der Waals surface area contributed by atoms with Crippen LogP contribution in [0.3, 0.4) is 0 Å². The molecule has 0 bridgehead atoms. The minimum atomic E-state index is -0.494. The van der Waals surface area contributed by atoms with Gasteiger partial charge in [0, 0.05) is 6.61 Å². The van der Waals surface area contributed by atoms with Crippen LogP contribution >= 0.6 is 0 Å². The van der Waals surface area contributed by atoms with Gasteiger partial charge in [0.2, 0.25) is 11.7 Å². The van der Waals surface area contributed by atoms with Gasteiger partial charge in [0.25, 0.3) is 0 Å². The minimum Gasteiger partial charge on any atom is -0.367 e. The van der Waals surface area contributed by atoms with Gasteiger partial charge in [-0.15, -0.1) is 0 Å². The maximum Gasteiger partial charge on any atom is 0.243 e. The van der Waals surface area contributed by atoms with Gasteiger partial charge in [-0.3, -0.25) is 0 Å². The van der Waals surface area contributed by atoms with Gasteiger partial charge in [0.15, 0.2) is 0 Å². The predicted octanol–water partition coefficient (Wildman–Crippen LogP) is 2.78. The summed E-state index contributed by atoms with van der Waals surface area (Å²) in [4.78, 5) is 4.41. The van der Waals surface area contributed by atoms with E-state index in [0.717, 1.165) is 12.8 Å². The van der Waals surface area contributed by atoms with Gasteiger partial charge >= 0.3 is 0 Å². The molecule has 0 fully saturated rings. The minimum absolute atomic E-state index is 0.209. The Morgan fingerprint density at radius 1 is 1.39 bits per heavy atom. The summed E-state index contributed by atoms with van der Waals surface area (Å²) < 4.78 is 11.0. The van der Waals surface area contributed by atoms with Gasteiger partial charge in [0.05, 0.1) is 6.04 Å². The molecule has 0 saturated heterocycles. The molecular weight excluding hydrogens is 230 g/mol. The zero-order valence-corrected chi connectivity index (χ0v) is 12.1. The summed E-state index contributed by atoms with van der Waals surface area (Å²) in [5, 5.41) is 4.02. The summed E-state index contributed by atoms with van der Waals surface area (Å²) in [7, 11) is 0. The largest absolute Gasteiger partial charge is 0.367 e. The van der Waals surface area contributed by atoms with Crippen molar-refractivity contribution >= 4 is 0 Å². The second kappa shape index (κ2) is 6.29. The Labute approximate surface area is 109 Å².